The number of aliphatic hydroxyl groups excluding tert-OH is 3. The smallest absolute Gasteiger partial charge is 0.111 e. The van der Waals surface area contributed by atoms with Gasteiger partial charge in [-0.3, -0.25) is 0 Å². The van der Waals surface area contributed by atoms with Crippen molar-refractivity contribution in [3.63, 3.8) is 0 Å². The van der Waals surface area contributed by atoms with Gasteiger partial charge in [-0.05, 0) is 73.0 Å². The van der Waals surface area contributed by atoms with Gasteiger partial charge in [0.1, 0.15) is 5.76 Å². The van der Waals surface area contributed by atoms with E-state index in [4.69, 9.17) is 0 Å². The molecule has 0 heterocycles. The predicted molar refractivity (Wildman–Crippen MR) is 85.2 cm³/mol. The van der Waals surface area contributed by atoms with E-state index in [1.165, 1.54) is 0 Å². The second-order valence-electron chi connectivity index (χ2n) is 8.27. The molecule has 0 amide bonds. The fraction of sp³-hybridized carbons (Fsp3) is 0.684. The van der Waals surface area contributed by atoms with E-state index in [0.717, 1.165) is 19.3 Å². The van der Waals surface area contributed by atoms with Crippen LogP contribution in [0.25, 0.3) is 0 Å². The maximum absolute atomic E-state index is 10.9. The van der Waals surface area contributed by atoms with E-state index in [1.54, 1.807) is 0 Å². The number of aliphatic hydroxyl groups is 3. The van der Waals surface area contributed by atoms with E-state index in [9.17, 15) is 15.3 Å². The number of allylic oxidation sites excluding steroid dienone is 5. The molecule has 0 aliphatic heterocycles. The molecule has 0 bridgehead atoms. The lowest BCUT2D eigenvalue weighted by Gasteiger charge is -2.59. The van der Waals surface area contributed by atoms with E-state index in [1.807, 2.05) is 18.2 Å². The summed E-state index contributed by atoms with van der Waals surface area (Å²) in [7, 11) is 0. The Kier molecular flexibility index (Phi) is 2.88. The second-order valence-corrected chi connectivity index (χ2v) is 8.27. The topological polar surface area (TPSA) is 60.7 Å². The van der Waals surface area contributed by atoms with Crippen LogP contribution in [0.5, 0.6) is 0 Å². The minimum absolute atomic E-state index is 0.00959. The van der Waals surface area contributed by atoms with E-state index >= 15 is 0 Å². The van der Waals surface area contributed by atoms with Crippen molar-refractivity contribution in [2.24, 2.45) is 34.5 Å². The maximum atomic E-state index is 10.9. The molecule has 3 nitrogen and oxygen atoms in total. The van der Waals surface area contributed by atoms with Gasteiger partial charge >= 0.3 is 0 Å². The fourth-order valence-corrected chi connectivity index (χ4v) is 5.98. The van der Waals surface area contributed by atoms with Gasteiger partial charge in [-0.1, -0.05) is 19.9 Å². The van der Waals surface area contributed by atoms with Gasteiger partial charge in [0.25, 0.3) is 0 Å². The number of hydrogen-bond donors (Lipinski definition) is 3. The predicted octanol–water partition coefficient (Wildman–Crippen LogP) is 3.88. The molecule has 7 atom stereocenters. The first-order chi connectivity index (χ1) is 10.4. The SMILES string of the molecule is C[C@]12C=CC(O)=C[C@H]1C[C@H](O)[C@@H]1[C@@H]2CC[C@]2(C)C(O)=CC[C@@H]12. The number of rotatable bonds is 0. The summed E-state index contributed by atoms with van der Waals surface area (Å²) < 4.78 is 0. The van der Waals surface area contributed by atoms with Crippen molar-refractivity contribution in [2.75, 3.05) is 0 Å². The molecular formula is C19H26O3. The zero-order chi connectivity index (χ0) is 15.7. The van der Waals surface area contributed by atoms with Crippen molar-refractivity contribution in [3.05, 3.63) is 35.8 Å². The molecule has 2 fully saturated rings. The summed E-state index contributed by atoms with van der Waals surface area (Å²) in [5.41, 5.74) is -0.141. The van der Waals surface area contributed by atoms with Crippen LogP contribution in [-0.2, 0) is 0 Å². The molecule has 0 saturated heterocycles. The van der Waals surface area contributed by atoms with Crippen molar-refractivity contribution >= 4 is 0 Å². The highest BCUT2D eigenvalue weighted by Crippen LogP contribution is 2.64. The summed E-state index contributed by atoms with van der Waals surface area (Å²) in [6.45, 7) is 4.45. The Labute approximate surface area is 132 Å². The average Bonchev–Trinajstić information content (AvgIpc) is 2.77. The van der Waals surface area contributed by atoms with Crippen molar-refractivity contribution in [1.82, 2.24) is 0 Å². The van der Waals surface area contributed by atoms with E-state index in [0.29, 0.717) is 29.8 Å². The van der Waals surface area contributed by atoms with Gasteiger partial charge in [-0.25, -0.2) is 0 Å². The Balaban J connectivity index is 1.73. The van der Waals surface area contributed by atoms with Crippen LogP contribution in [0.4, 0.5) is 0 Å². The monoisotopic (exact) mass is 302 g/mol. The average molecular weight is 302 g/mol. The molecule has 0 aromatic rings. The van der Waals surface area contributed by atoms with Crippen LogP contribution in [0.3, 0.4) is 0 Å². The molecule has 3 heteroatoms. The summed E-state index contributed by atoms with van der Waals surface area (Å²) >= 11 is 0. The molecule has 0 aromatic heterocycles. The molecule has 0 unspecified atom stereocenters. The Hall–Kier alpha value is -1.22. The van der Waals surface area contributed by atoms with E-state index in [2.05, 4.69) is 19.9 Å². The quantitative estimate of drug-likeness (QED) is 0.636. The molecule has 4 aliphatic carbocycles. The van der Waals surface area contributed by atoms with Crippen LogP contribution >= 0.6 is 0 Å². The third kappa shape index (κ3) is 1.66. The summed E-state index contributed by atoms with van der Waals surface area (Å²) in [5, 5.41) is 31.0. The third-order valence-electron chi connectivity index (χ3n) is 7.40. The van der Waals surface area contributed by atoms with Crippen LogP contribution < -0.4 is 0 Å². The molecule has 0 aromatic carbocycles. The van der Waals surface area contributed by atoms with Crippen molar-refractivity contribution < 1.29 is 15.3 Å². The Morgan fingerprint density at radius 3 is 2.73 bits per heavy atom. The van der Waals surface area contributed by atoms with Crippen LogP contribution in [0.15, 0.2) is 35.8 Å². The lowest BCUT2D eigenvalue weighted by molar-refractivity contribution is -0.123. The van der Waals surface area contributed by atoms with Gasteiger partial charge in [0.2, 0.25) is 0 Å². The minimum atomic E-state index is -0.345. The molecule has 120 valence electrons. The van der Waals surface area contributed by atoms with E-state index < -0.39 is 0 Å². The molecule has 0 spiro atoms. The number of hydrogen-bond acceptors (Lipinski definition) is 3. The summed E-state index contributed by atoms with van der Waals surface area (Å²) in [6, 6.07) is 0. The normalized spacial score (nSPS) is 53.1. The van der Waals surface area contributed by atoms with Gasteiger partial charge in [0, 0.05) is 5.41 Å². The van der Waals surface area contributed by atoms with Gasteiger partial charge in [0.05, 0.1) is 11.9 Å². The molecule has 4 rings (SSSR count). The fourth-order valence-electron chi connectivity index (χ4n) is 5.98. The highest BCUT2D eigenvalue weighted by molar-refractivity contribution is 5.29. The Morgan fingerprint density at radius 2 is 1.95 bits per heavy atom. The highest BCUT2D eigenvalue weighted by atomic mass is 16.3. The standard InChI is InChI=1S/C19H26O3/c1-18-7-5-12(20)9-11(18)10-15(21)17-13-3-4-16(22)19(13,2)8-6-14(17)18/h4-5,7,9,11,13-15,17,20-22H,3,6,8,10H2,1-2H3/t11-,13-,14-,15-,17-,18-,19-/m0/s1. The van der Waals surface area contributed by atoms with Crippen LogP contribution in [0.1, 0.15) is 39.5 Å². The molecule has 0 radical (unpaired) electrons. The summed E-state index contributed by atoms with van der Waals surface area (Å²) in [5.74, 6) is 2.06. The van der Waals surface area contributed by atoms with Crippen molar-refractivity contribution in [2.45, 2.75) is 45.6 Å². The van der Waals surface area contributed by atoms with Gasteiger partial charge < -0.3 is 15.3 Å². The lowest BCUT2D eigenvalue weighted by atomic mass is 9.46. The number of fused-ring (bicyclic) bond motifs is 5. The van der Waals surface area contributed by atoms with Crippen molar-refractivity contribution in [1.29, 1.82) is 0 Å². The van der Waals surface area contributed by atoms with Crippen LogP contribution in [0, 0.1) is 34.5 Å². The van der Waals surface area contributed by atoms with Crippen LogP contribution in [-0.4, -0.2) is 21.4 Å². The first-order valence-electron chi connectivity index (χ1n) is 8.54. The second kappa shape index (κ2) is 4.41. The minimum Gasteiger partial charge on any atom is -0.512 e. The summed E-state index contributed by atoms with van der Waals surface area (Å²) in [6.07, 6.45) is 11.1. The molecule has 4 aliphatic rings. The highest BCUT2D eigenvalue weighted by Gasteiger charge is 2.60. The van der Waals surface area contributed by atoms with Crippen molar-refractivity contribution in [3.8, 4) is 0 Å². The van der Waals surface area contributed by atoms with Gasteiger partial charge in [-0.2, -0.15) is 0 Å². The van der Waals surface area contributed by atoms with E-state index in [-0.39, 0.29) is 28.8 Å². The maximum Gasteiger partial charge on any atom is 0.111 e. The Bertz CT molecular complexity index is 589. The van der Waals surface area contributed by atoms with Gasteiger partial charge in [-0.15, -0.1) is 0 Å². The Morgan fingerprint density at radius 1 is 1.18 bits per heavy atom. The third-order valence-corrected chi connectivity index (χ3v) is 7.40. The summed E-state index contributed by atoms with van der Waals surface area (Å²) in [4.78, 5) is 0. The molecule has 22 heavy (non-hydrogen) atoms. The largest absolute Gasteiger partial charge is 0.512 e. The molecule has 2 saturated carbocycles. The van der Waals surface area contributed by atoms with Crippen LogP contribution in [0.2, 0.25) is 0 Å². The zero-order valence-electron chi connectivity index (χ0n) is 13.4. The van der Waals surface area contributed by atoms with Gasteiger partial charge in [0.15, 0.2) is 0 Å². The lowest BCUT2D eigenvalue weighted by Crippen LogP contribution is -2.56. The first-order valence-corrected chi connectivity index (χ1v) is 8.54. The molecular weight excluding hydrogens is 276 g/mol. The molecule has 3 N–H and O–H groups in total. The zero-order valence-corrected chi connectivity index (χ0v) is 13.4. The first kappa shape index (κ1) is 14.4.